The highest BCUT2D eigenvalue weighted by atomic mass is 16.6. The molecule has 1 aromatic heterocycles. The third kappa shape index (κ3) is 3.55. The molecule has 0 amide bonds. The van der Waals surface area contributed by atoms with Gasteiger partial charge in [0.1, 0.15) is 24.6 Å². The van der Waals surface area contributed by atoms with Gasteiger partial charge < -0.3 is 13.9 Å². The second-order valence-electron chi connectivity index (χ2n) is 6.94. The highest BCUT2D eigenvalue weighted by Crippen LogP contribution is 2.34. The molecule has 0 spiro atoms. The van der Waals surface area contributed by atoms with Crippen molar-refractivity contribution in [1.29, 1.82) is 0 Å². The zero-order chi connectivity index (χ0) is 19.6. The lowest BCUT2D eigenvalue weighted by atomic mass is 10.1. The molecule has 0 saturated carbocycles. The lowest BCUT2D eigenvalue weighted by molar-refractivity contribution is 0.171. The van der Waals surface area contributed by atoms with Gasteiger partial charge in [-0.25, -0.2) is 0 Å². The molecule has 29 heavy (non-hydrogen) atoms. The summed E-state index contributed by atoms with van der Waals surface area (Å²) in [5.74, 6) is 2.20. The number of nitrogens with zero attached hydrogens (tertiary/aromatic N) is 1. The molecule has 1 N–H and O–H groups in total. The van der Waals surface area contributed by atoms with Crippen LogP contribution >= 0.6 is 0 Å². The lowest BCUT2D eigenvalue weighted by Gasteiger charge is -2.18. The average molecular weight is 384 g/mol. The smallest absolute Gasteiger partial charge is 0.162 e. The normalized spacial score (nSPS) is 13.5. The molecule has 0 radical (unpaired) electrons. The number of para-hydroxylation sites is 1. The van der Waals surface area contributed by atoms with Crippen LogP contribution in [0.2, 0.25) is 0 Å². The number of rotatable bonds is 3. The molecule has 0 atom stereocenters. The van der Waals surface area contributed by atoms with Crippen molar-refractivity contribution >= 4 is 16.7 Å². The predicted molar refractivity (Wildman–Crippen MR) is 113 cm³/mol. The molecule has 4 aromatic rings. The Morgan fingerprint density at radius 3 is 2.52 bits per heavy atom. The van der Waals surface area contributed by atoms with Crippen molar-refractivity contribution in [3.63, 3.8) is 0 Å². The van der Waals surface area contributed by atoms with Crippen molar-refractivity contribution in [3.05, 3.63) is 83.7 Å². The summed E-state index contributed by atoms with van der Waals surface area (Å²) in [5.41, 5.74) is 6.88. The maximum Gasteiger partial charge on any atom is 0.162 e. The van der Waals surface area contributed by atoms with Crippen molar-refractivity contribution in [2.75, 3.05) is 18.6 Å². The Hall–Kier alpha value is -3.73. The molecule has 5 nitrogen and oxygen atoms in total. The Labute approximate surface area is 168 Å². The van der Waals surface area contributed by atoms with E-state index in [-0.39, 0.29) is 0 Å². The van der Waals surface area contributed by atoms with Gasteiger partial charge in [-0.15, -0.1) is 0 Å². The van der Waals surface area contributed by atoms with Crippen LogP contribution in [0.1, 0.15) is 5.56 Å². The highest BCUT2D eigenvalue weighted by Gasteiger charge is 2.14. The van der Waals surface area contributed by atoms with Crippen LogP contribution in [-0.2, 0) is 0 Å². The van der Waals surface area contributed by atoms with E-state index in [4.69, 9.17) is 13.9 Å². The van der Waals surface area contributed by atoms with E-state index < -0.39 is 0 Å². The van der Waals surface area contributed by atoms with Crippen LogP contribution in [0, 0.1) is 6.92 Å². The van der Waals surface area contributed by atoms with Crippen molar-refractivity contribution in [1.82, 2.24) is 0 Å². The van der Waals surface area contributed by atoms with Crippen LogP contribution < -0.4 is 20.3 Å². The Balaban J connectivity index is 1.64. The molecule has 0 bridgehead atoms. The minimum Gasteiger partial charge on any atom is -0.486 e. The first-order valence-electron chi connectivity index (χ1n) is 9.56. The molecule has 3 aromatic carbocycles. The van der Waals surface area contributed by atoms with E-state index in [2.05, 4.69) is 16.6 Å². The summed E-state index contributed by atoms with van der Waals surface area (Å²) in [5, 5.41) is 6.39. The topological polar surface area (TPSA) is 56.0 Å². The quantitative estimate of drug-likeness (QED) is 0.499. The number of hydrogen-bond acceptors (Lipinski definition) is 5. The van der Waals surface area contributed by atoms with Crippen LogP contribution in [0.25, 0.3) is 22.3 Å². The van der Waals surface area contributed by atoms with Gasteiger partial charge in [0.15, 0.2) is 11.5 Å². The Bertz CT molecular complexity index is 1250. The van der Waals surface area contributed by atoms with Crippen LogP contribution in [0.5, 0.6) is 11.5 Å². The second kappa shape index (κ2) is 7.36. The Kier molecular flexibility index (Phi) is 4.41. The zero-order valence-corrected chi connectivity index (χ0v) is 16.0. The summed E-state index contributed by atoms with van der Waals surface area (Å²) in [4.78, 5) is 0. The summed E-state index contributed by atoms with van der Waals surface area (Å²) in [7, 11) is 0. The Morgan fingerprint density at radius 1 is 0.828 bits per heavy atom. The van der Waals surface area contributed by atoms with Crippen LogP contribution in [0.4, 0.5) is 5.69 Å². The number of nitrogens with one attached hydrogen (secondary N) is 1. The summed E-state index contributed by atoms with van der Waals surface area (Å²) in [6.45, 7) is 3.16. The van der Waals surface area contributed by atoms with Crippen LogP contribution in [0.15, 0.2) is 82.3 Å². The van der Waals surface area contributed by atoms with Gasteiger partial charge in [0.05, 0.1) is 11.0 Å². The summed E-state index contributed by atoms with van der Waals surface area (Å²) >= 11 is 0. The largest absolute Gasteiger partial charge is 0.486 e. The highest BCUT2D eigenvalue weighted by molar-refractivity contribution is 5.79. The summed E-state index contributed by atoms with van der Waals surface area (Å²) < 4.78 is 17.6. The van der Waals surface area contributed by atoms with Gasteiger partial charge in [0.25, 0.3) is 0 Å². The third-order valence-electron chi connectivity index (χ3n) is 4.81. The van der Waals surface area contributed by atoms with Crippen molar-refractivity contribution in [3.8, 4) is 22.8 Å². The second-order valence-corrected chi connectivity index (χ2v) is 6.94. The van der Waals surface area contributed by atoms with Crippen molar-refractivity contribution in [2.24, 2.45) is 5.10 Å². The minimum absolute atomic E-state index is 0.548. The summed E-state index contributed by atoms with van der Waals surface area (Å²) in [6, 6.07) is 23.8. The van der Waals surface area contributed by atoms with Crippen molar-refractivity contribution < 1.29 is 13.9 Å². The van der Waals surface area contributed by atoms with Gasteiger partial charge in [-0.1, -0.05) is 24.3 Å². The first-order chi connectivity index (χ1) is 14.3. The molecule has 2 heterocycles. The van der Waals surface area contributed by atoms with Crippen LogP contribution in [-0.4, -0.2) is 13.2 Å². The number of aryl methyl sites for hydroxylation is 1. The molecule has 5 heteroatoms. The standard InChI is InChI=1S/C24H20N2O3/c1-16-7-9-19-20(26-25-18-5-3-2-4-6-18)15-22(29-23(19)13-16)17-8-10-21-24(14-17)28-12-11-27-21/h2-10,13-15,25H,11-12H2,1H3. The molecule has 1 aliphatic heterocycles. The molecule has 0 saturated heterocycles. The molecular weight excluding hydrogens is 364 g/mol. The van der Waals surface area contributed by atoms with Gasteiger partial charge in [-0.2, -0.15) is 5.10 Å². The molecule has 5 rings (SSSR count). The molecule has 144 valence electrons. The fourth-order valence-electron chi connectivity index (χ4n) is 3.34. The maximum atomic E-state index is 6.23. The van der Waals surface area contributed by atoms with Gasteiger partial charge >= 0.3 is 0 Å². The predicted octanol–water partition coefficient (Wildman–Crippen LogP) is 5.11. The van der Waals surface area contributed by atoms with E-state index in [9.17, 15) is 0 Å². The van der Waals surface area contributed by atoms with Crippen LogP contribution in [0.3, 0.4) is 0 Å². The first kappa shape index (κ1) is 17.4. The van der Waals surface area contributed by atoms with Gasteiger partial charge in [0, 0.05) is 17.0 Å². The number of benzene rings is 3. The number of hydrogen-bond donors (Lipinski definition) is 1. The van der Waals surface area contributed by atoms with E-state index in [0.717, 1.165) is 44.6 Å². The number of fused-ring (bicyclic) bond motifs is 2. The molecule has 0 unspecified atom stereocenters. The van der Waals surface area contributed by atoms with E-state index in [0.29, 0.717) is 19.0 Å². The molecule has 1 aliphatic rings. The van der Waals surface area contributed by atoms with Gasteiger partial charge in [-0.05, 0) is 55.0 Å². The number of ether oxygens (including phenoxy) is 2. The Morgan fingerprint density at radius 2 is 1.66 bits per heavy atom. The summed E-state index contributed by atoms with van der Waals surface area (Å²) in [6.07, 6.45) is 0. The number of anilines is 1. The fraction of sp³-hybridized carbons (Fsp3) is 0.125. The molecule has 0 aliphatic carbocycles. The zero-order valence-electron chi connectivity index (χ0n) is 16.0. The minimum atomic E-state index is 0.548. The maximum absolute atomic E-state index is 6.23. The first-order valence-corrected chi connectivity index (χ1v) is 9.56. The van der Waals surface area contributed by atoms with E-state index >= 15 is 0 Å². The molecular formula is C24H20N2O3. The van der Waals surface area contributed by atoms with E-state index in [1.165, 1.54) is 0 Å². The lowest BCUT2D eigenvalue weighted by Crippen LogP contribution is -2.15. The average Bonchev–Trinajstić information content (AvgIpc) is 2.77. The van der Waals surface area contributed by atoms with Gasteiger partial charge in [-0.3, -0.25) is 5.43 Å². The third-order valence-corrected chi connectivity index (χ3v) is 4.81. The van der Waals surface area contributed by atoms with E-state index in [1.54, 1.807) is 0 Å². The van der Waals surface area contributed by atoms with Crippen molar-refractivity contribution in [2.45, 2.75) is 6.92 Å². The SMILES string of the molecule is Cc1ccc2c(=NNc3ccccc3)cc(-c3ccc4c(c3)OCCO4)oc2c1. The fourth-order valence-corrected chi connectivity index (χ4v) is 3.34. The van der Waals surface area contributed by atoms with Gasteiger partial charge in [0.2, 0.25) is 0 Å². The van der Waals surface area contributed by atoms with E-state index in [1.807, 2.05) is 73.7 Å². The molecule has 0 fully saturated rings. The monoisotopic (exact) mass is 384 g/mol.